The van der Waals surface area contributed by atoms with E-state index in [1.807, 2.05) is 0 Å². The van der Waals surface area contributed by atoms with E-state index in [2.05, 4.69) is 30.3 Å². The maximum Gasteiger partial charge on any atom is 0.296 e. The molecule has 0 amide bonds. The molecule has 20 heteroatoms. The quantitative estimate of drug-likeness (QED) is 0.131. The predicted molar refractivity (Wildman–Crippen MR) is 133 cm³/mol. The molecular formula is C19H17N9O8S3. The normalized spacial score (nSPS) is 11.8. The number of hydrogen-bond donors (Lipinski definition) is 6. The third-order valence-corrected chi connectivity index (χ3v) is 7.89. The van der Waals surface area contributed by atoms with Gasteiger partial charge in [-0.05, 0) is 36.4 Å². The fourth-order valence-electron chi connectivity index (χ4n) is 2.96. The number of hydrogen-bond acceptors (Lipinski definition) is 14. The topological polar surface area (TPSA) is 291 Å². The van der Waals surface area contributed by atoms with Crippen molar-refractivity contribution in [2.24, 2.45) is 0 Å². The second-order valence-corrected chi connectivity index (χ2v) is 11.9. The van der Waals surface area contributed by atoms with Crippen molar-refractivity contribution in [1.82, 2.24) is 19.7 Å². The number of nitrogen functional groups attached to an aromatic ring is 1. The molecule has 0 fully saturated rings. The first-order valence-electron chi connectivity index (χ1n) is 10.2. The molecule has 0 spiro atoms. The molecule has 3 rings (SSSR count). The highest BCUT2D eigenvalue weighted by Gasteiger charge is 2.21. The number of nitrogens with two attached hydrogens (primary N) is 1. The summed E-state index contributed by atoms with van der Waals surface area (Å²) in [5, 5.41) is 23.1. The maximum absolute atomic E-state index is 12.5. The standard InChI is InChI=1S/C19H17N9O8S3/c20-9-11-1-2-13(7-12(11)10-21)37(29,30)24-6-5-23-18-26-17(22)27-19(28-18)25-15-8-14(38(31,32)33)3-4-16(15)39(34,35)36/h1-4,7-8,24H,5-6H2,(H,31,32,33)(H,34,35,36)(H4,22,23,25,26,27,28). The third kappa shape index (κ3) is 7.32. The summed E-state index contributed by atoms with van der Waals surface area (Å²) in [5.74, 6) is -0.977. The average molecular weight is 596 g/mol. The number of nitriles is 2. The fraction of sp³-hybridized carbons (Fsp3) is 0.105. The highest BCUT2D eigenvalue weighted by molar-refractivity contribution is 7.89. The molecular weight excluding hydrogens is 578 g/mol. The minimum absolute atomic E-state index is 0.0170. The highest BCUT2D eigenvalue weighted by Crippen LogP contribution is 2.27. The van der Waals surface area contributed by atoms with Crippen LogP contribution in [0.3, 0.4) is 0 Å². The number of rotatable bonds is 10. The molecule has 0 radical (unpaired) electrons. The van der Waals surface area contributed by atoms with Crippen LogP contribution in [0, 0.1) is 22.7 Å². The number of benzene rings is 2. The summed E-state index contributed by atoms with van der Waals surface area (Å²) in [7, 11) is -13.7. The summed E-state index contributed by atoms with van der Waals surface area (Å²) in [5.41, 5.74) is 5.02. The largest absolute Gasteiger partial charge is 0.368 e. The lowest BCUT2D eigenvalue weighted by Crippen LogP contribution is -2.29. The van der Waals surface area contributed by atoms with Crippen LogP contribution in [0.25, 0.3) is 0 Å². The second kappa shape index (κ2) is 11.1. The zero-order chi connectivity index (χ0) is 29.0. The first kappa shape index (κ1) is 29.1. The molecule has 1 aromatic heterocycles. The Bertz CT molecular complexity index is 1850. The Morgan fingerprint density at radius 3 is 2.05 bits per heavy atom. The van der Waals surface area contributed by atoms with Gasteiger partial charge in [0.05, 0.1) is 26.6 Å². The van der Waals surface area contributed by atoms with Crippen LogP contribution in [0.5, 0.6) is 0 Å². The summed E-state index contributed by atoms with van der Waals surface area (Å²) in [6.45, 7) is -0.306. The molecule has 39 heavy (non-hydrogen) atoms. The van der Waals surface area contributed by atoms with Crippen molar-refractivity contribution in [3.63, 3.8) is 0 Å². The van der Waals surface area contributed by atoms with Crippen molar-refractivity contribution in [2.45, 2.75) is 14.7 Å². The van der Waals surface area contributed by atoms with Gasteiger partial charge in [0.1, 0.15) is 17.0 Å². The van der Waals surface area contributed by atoms with Gasteiger partial charge in [0.15, 0.2) is 0 Å². The van der Waals surface area contributed by atoms with Crippen LogP contribution >= 0.6 is 0 Å². The Labute approximate surface area is 221 Å². The predicted octanol–water partition coefficient (Wildman–Crippen LogP) is -0.175. The van der Waals surface area contributed by atoms with Gasteiger partial charge >= 0.3 is 0 Å². The number of sulfonamides is 1. The monoisotopic (exact) mass is 595 g/mol. The summed E-state index contributed by atoms with van der Waals surface area (Å²) < 4.78 is 92.2. The van der Waals surface area contributed by atoms with Gasteiger partial charge in [0, 0.05) is 13.1 Å². The highest BCUT2D eigenvalue weighted by atomic mass is 32.2. The molecule has 0 aliphatic carbocycles. The first-order valence-corrected chi connectivity index (χ1v) is 14.6. The lowest BCUT2D eigenvalue weighted by molar-refractivity contribution is 0.479. The van der Waals surface area contributed by atoms with E-state index in [4.69, 9.17) is 16.3 Å². The summed E-state index contributed by atoms with van der Waals surface area (Å²) in [4.78, 5) is 9.75. The van der Waals surface area contributed by atoms with Crippen LogP contribution in [0.1, 0.15) is 11.1 Å². The van der Waals surface area contributed by atoms with Gasteiger partial charge in [0.2, 0.25) is 27.9 Å². The lowest BCUT2D eigenvalue weighted by Gasteiger charge is -2.12. The van der Waals surface area contributed by atoms with Crippen LogP contribution in [0.4, 0.5) is 23.5 Å². The van der Waals surface area contributed by atoms with Crippen molar-refractivity contribution >= 4 is 53.8 Å². The molecule has 1 heterocycles. The van der Waals surface area contributed by atoms with Gasteiger partial charge in [-0.25, -0.2) is 13.1 Å². The van der Waals surface area contributed by atoms with Crippen molar-refractivity contribution < 1.29 is 34.4 Å². The zero-order valence-corrected chi connectivity index (χ0v) is 21.7. The van der Waals surface area contributed by atoms with Gasteiger partial charge in [-0.3, -0.25) is 9.11 Å². The average Bonchev–Trinajstić information content (AvgIpc) is 2.84. The van der Waals surface area contributed by atoms with Crippen molar-refractivity contribution in [3.05, 3.63) is 47.5 Å². The number of anilines is 4. The number of nitrogens with one attached hydrogen (secondary N) is 3. The Balaban J connectivity index is 1.76. The Morgan fingerprint density at radius 1 is 0.795 bits per heavy atom. The van der Waals surface area contributed by atoms with Crippen LogP contribution < -0.4 is 21.1 Å². The second-order valence-electron chi connectivity index (χ2n) is 7.33. The maximum atomic E-state index is 12.5. The van der Waals surface area contributed by atoms with Crippen molar-refractivity contribution in [3.8, 4) is 12.1 Å². The zero-order valence-electron chi connectivity index (χ0n) is 19.3. The Kier molecular flexibility index (Phi) is 8.30. The van der Waals surface area contributed by atoms with Crippen molar-refractivity contribution in [1.29, 1.82) is 10.5 Å². The molecule has 2 aromatic carbocycles. The third-order valence-electron chi connectivity index (χ3n) is 4.67. The smallest absolute Gasteiger partial charge is 0.296 e. The molecule has 204 valence electrons. The molecule has 0 saturated carbocycles. The van der Waals surface area contributed by atoms with E-state index in [1.54, 1.807) is 12.1 Å². The minimum atomic E-state index is -4.85. The summed E-state index contributed by atoms with van der Waals surface area (Å²) in [6.07, 6.45) is 0. The minimum Gasteiger partial charge on any atom is -0.368 e. The fourth-order valence-corrected chi connectivity index (χ4v) is 5.16. The molecule has 3 aromatic rings. The molecule has 0 saturated heterocycles. The van der Waals surface area contributed by atoms with Gasteiger partial charge < -0.3 is 16.4 Å². The van der Waals surface area contributed by atoms with Crippen LogP contribution in [0.2, 0.25) is 0 Å². The van der Waals surface area contributed by atoms with Gasteiger partial charge in [0.25, 0.3) is 20.2 Å². The SMILES string of the molecule is N#Cc1ccc(S(=O)(=O)NCCNc2nc(N)nc(Nc3cc(S(=O)(=O)O)ccc3S(=O)(=O)O)n2)cc1C#N. The van der Waals surface area contributed by atoms with E-state index >= 15 is 0 Å². The van der Waals surface area contributed by atoms with Crippen LogP contribution in [0.15, 0.2) is 51.1 Å². The molecule has 0 atom stereocenters. The van der Waals surface area contributed by atoms with Crippen LogP contribution in [-0.2, 0) is 30.3 Å². The number of nitrogens with zero attached hydrogens (tertiary/aromatic N) is 5. The lowest BCUT2D eigenvalue weighted by atomic mass is 10.1. The van der Waals surface area contributed by atoms with E-state index < -0.39 is 51.7 Å². The van der Waals surface area contributed by atoms with Gasteiger partial charge in [-0.1, -0.05) is 0 Å². The summed E-state index contributed by atoms with van der Waals surface area (Å²) >= 11 is 0. The molecule has 0 unspecified atom stereocenters. The molecule has 0 aliphatic rings. The molecule has 0 bridgehead atoms. The molecule has 0 aliphatic heterocycles. The van der Waals surface area contributed by atoms with Gasteiger partial charge in [-0.15, -0.1) is 0 Å². The summed E-state index contributed by atoms with van der Waals surface area (Å²) in [6, 6.07) is 9.12. The van der Waals surface area contributed by atoms with E-state index in [9.17, 15) is 34.4 Å². The van der Waals surface area contributed by atoms with E-state index in [-0.39, 0.29) is 41.0 Å². The van der Waals surface area contributed by atoms with Gasteiger partial charge in [-0.2, -0.15) is 42.3 Å². The molecule has 7 N–H and O–H groups in total. The first-order chi connectivity index (χ1) is 18.1. The van der Waals surface area contributed by atoms with Crippen molar-refractivity contribution in [2.75, 3.05) is 29.5 Å². The van der Waals surface area contributed by atoms with E-state index in [0.29, 0.717) is 6.07 Å². The Morgan fingerprint density at radius 2 is 1.44 bits per heavy atom. The van der Waals surface area contributed by atoms with E-state index in [1.165, 1.54) is 6.07 Å². The Hall–Kier alpha value is -4.44. The number of aromatic nitrogens is 3. The van der Waals surface area contributed by atoms with E-state index in [0.717, 1.165) is 24.3 Å². The molecule has 17 nitrogen and oxygen atoms in total. The van der Waals surface area contributed by atoms with Crippen LogP contribution in [-0.4, -0.2) is 62.4 Å².